The largest absolute Gasteiger partial charge is 0.329 e. The summed E-state index contributed by atoms with van der Waals surface area (Å²) in [6, 6.07) is 9.97. The topological polar surface area (TPSA) is 82.5 Å². The predicted octanol–water partition coefficient (Wildman–Crippen LogP) is 0.847. The van der Waals surface area contributed by atoms with Gasteiger partial charge in [-0.15, -0.1) is 5.10 Å². The van der Waals surface area contributed by atoms with E-state index >= 15 is 0 Å². The molecule has 0 spiro atoms. The molecule has 0 aliphatic carbocycles. The van der Waals surface area contributed by atoms with Crippen molar-refractivity contribution in [2.45, 2.75) is 6.54 Å². The molecule has 0 radical (unpaired) electrons. The highest BCUT2D eigenvalue weighted by Gasteiger charge is 2.09. The van der Waals surface area contributed by atoms with Crippen LogP contribution in [0, 0.1) is 0 Å². The van der Waals surface area contributed by atoms with Crippen molar-refractivity contribution >= 4 is 10.9 Å². The lowest BCUT2D eigenvalue weighted by Crippen LogP contribution is -2.12. The third kappa shape index (κ3) is 1.82. The zero-order chi connectivity index (χ0) is 12.4. The van der Waals surface area contributed by atoms with E-state index in [4.69, 9.17) is 5.73 Å². The van der Waals surface area contributed by atoms with Crippen LogP contribution in [0.5, 0.6) is 0 Å². The minimum atomic E-state index is 0.499. The van der Waals surface area contributed by atoms with Crippen molar-refractivity contribution in [1.82, 2.24) is 25.2 Å². The van der Waals surface area contributed by atoms with Gasteiger partial charge in [-0.05, 0) is 22.6 Å². The molecule has 0 aliphatic heterocycles. The predicted molar refractivity (Wildman–Crippen MR) is 67.6 cm³/mol. The van der Waals surface area contributed by atoms with E-state index in [1.165, 1.54) is 0 Å². The fraction of sp³-hybridized carbons (Fsp3) is 0.167. The summed E-state index contributed by atoms with van der Waals surface area (Å²) in [6.07, 6.45) is 1.78. The number of nitrogens with two attached hydrogens (primary N) is 1. The summed E-state index contributed by atoms with van der Waals surface area (Å²) in [5.74, 6) is 0.693. The van der Waals surface area contributed by atoms with Crippen LogP contribution in [0.15, 0.2) is 36.5 Å². The molecule has 0 saturated carbocycles. The molecule has 0 bridgehead atoms. The third-order valence-corrected chi connectivity index (χ3v) is 2.72. The van der Waals surface area contributed by atoms with Crippen LogP contribution in [0.1, 0.15) is 0 Å². The van der Waals surface area contributed by atoms with Crippen molar-refractivity contribution in [2.75, 3.05) is 6.54 Å². The highest BCUT2D eigenvalue weighted by molar-refractivity contribution is 5.82. The number of para-hydroxylation sites is 1. The number of benzene rings is 1. The Balaban J connectivity index is 2.10. The smallest absolute Gasteiger partial charge is 0.183 e. The van der Waals surface area contributed by atoms with Crippen LogP contribution >= 0.6 is 0 Å². The zero-order valence-electron chi connectivity index (χ0n) is 9.69. The lowest BCUT2D eigenvalue weighted by Gasteiger charge is -2.03. The van der Waals surface area contributed by atoms with Gasteiger partial charge in [-0.25, -0.2) is 4.68 Å². The molecule has 2 heterocycles. The van der Waals surface area contributed by atoms with Gasteiger partial charge >= 0.3 is 0 Å². The van der Waals surface area contributed by atoms with Gasteiger partial charge in [0.05, 0.1) is 12.1 Å². The van der Waals surface area contributed by atoms with E-state index in [-0.39, 0.29) is 0 Å². The van der Waals surface area contributed by atoms with Gasteiger partial charge in [0, 0.05) is 23.7 Å². The molecule has 0 amide bonds. The zero-order valence-corrected chi connectivity index (χ0v) is 9.69. The Morgan fingerprint density at radius 2 is 2.11 bits per heavy atom. The van der Waals surface area contributed by atoms with Gasteiger partial charge in [-0.1, -0.05) is 18.2 Å². The first kappa shape index (κ1) is 10.8. The molecule has 0 unspecified atom stereocenters. The summed E-state index contributed by atoms with van der Waals surface area (Å²) in [4.78, 5) is 4.40. The van der Waals surface area contributed by atoms with Crippen LogP contribution < -0.4 is 5.73 Å². The van der Waals surface area contributed by atoms with E-state index in [0.717, 1.165) is 16.5 Å². The molecule has 2 aromatic heterocycles. The van der Waals surface area contributed by atoms with E-state index < -0.39 is 0 Å². The van der Waals surface area contributed by atoms with Crippen LogP contribution in [0.25, 0.3) is 22.3 Å². The maximum absolute atomic E-state index is 5.53. The monoisotopic (exact) mass is 240 g/mol. The van der Waals surface area contributed by atoms with Crippen LogP contribution in [-0.2, 0) is 6.54 Å². The molecule has 0 fully saturated rings. The lowest BCUT2D eigenvalue weighted by molar-refractivity contribution is 0.603. The quantitative estimate of drug-likeness (QED) is 0.733. The molecule has 2 N–H and O–H groups in total. The van der Waals surface area contributed by atoms with Gasteiger partial charge in [0.25, 0.3) is 0 Å². The second kappa shape index (κ2) is 4.50. The van der Waals surface area contributed by atoms with E-state index in [9.17, 15) is 0 Å². The van der Waals surface area contributed by atoms with E-state index in [2.05, 4.69) is 20.5 Å². The van der Waals surface area contributed by atoms with Gasteiger partial charge < -0.3 is 5.73 Å². The number of nitrogens with zero attached hydrogens (tertiary/aromatic N) is 5. The molecule has 3 aromatic rings. The number of tetrazole rings is 1. The Labute approximate surface area is 103 Å². The summed E-state index contributed by atoms with van der Waals surface area (Å²) in [7, 11) is 0. The lowest BCUT2D eigenvalue weighted by atomic mass is 10.1. The molecular weight excluding hydrogens is 228 g/mol. The van der Waals surface area contributed by atoms with Crippen LogP contribution in [0.3, 0.4) is 0 Å². The van der Waals surface area contributed by atoms with E-state index in [1.54, 1.807) is 10.9 Å². The molecule has 6 heteroatoms. The first-order valence-corrected chi connectivity index (χ1v) is 5.70. The minimum Gasteiger partial charge on any atom is -0.329 e. The van der Waals surface area contributed by atoms with E-state index in [0.29, 0.717) is 18.9 Å². The standard InChI is InChI=1S/C12H12N6/c13-5-6-18-12(15-16-17-18)10-7-9-3-1-2-4-11(9)14-8-10/h1-4,7-8H,5-6,13H2. The summed E-state index contributed by atoms with van der Waals surface area (Å²) in [5, 5.41) is 12.7. The Kier molecular flexibility index (Phi) is 2.70. The summed E-state index contributed by atoms with van der Waals surface area (Å²) < 4.78 is 1.69. The maximum Gasteiger partial charge on any atom is 0.183 e. The minimum absolute atomic E-state index is 0.499. The molecule has 0 saturated heterocycles. The maximum atomic E-state index is 5.53. The Morgan fingerprint density at radius 1 is 1.22 bits per heavy atom. The average molecular weight is 240 g/mol. The van der Waals surface area contributed by atoms with Crippen molar-refractivity contribution in [1.29, 1.82) is 0 Å². The fourth-order valence-corrected chi connectivity index (χ4v) is 1.88. The second-order valence-corrected chi connectivity index (χ2v) is 3.93. The highest BCUT2D eigenvalue weighted by Crippen LogP contribution is 2.19. The van der Waals surface area contributed by atoms with Crippen molar-refractivity contribution in [3.63, 3.8) is 0 Å². The number of hydrogen-bond acceptors (Lipinski definition) is 5. The summed E-state index contributed by atoms with van der Waals surface area (Å²) in [5.41, 5.74) is 7.38. The van der Waals surface area contributed by atoms with Crippen molar-refractivity contribution < 1.29 is 0 Å². The van der Waals surface area contributed by atoms with Gasteiger partial charge in [-0.3, -0.25) is 4.98 Å². The molecule has 6 nitrogen and oxygen atoms in total. The first-order valence-electron chi connectivity index (χ1n) is 5.70. The van der Waals surface area contributed by atoms with Gasteiger partial charge in [0.1, 0.15) is 0 Å². The Morgan fingerprint density at radius 3 is 3.00 bits per heavy atom. The van der Waals surface area contributed by atoms with Crippen LogP contribution in [0.4, 0.5) is 0 Å². The third-order valence-electron chi connectivity index (χ3n) is 2.72. The molecule has 1 aromatic carbocycles. The van der Waals surface area contributed by atoms with Gasteiger partial charge in [0.15, 0.2) is 5.82 Å². The van der Waals surface area contributed by atoms with Crippen LogP contribution in [-0.4, -0.2) is 31.7 Å². The second-order valence-electron chi connectivity index (χ2n) is 3.93. The SMILES string of the molecule is NCCn1nnnc1-c1cnc2ccccc2c1. The average Bonchev–Trinajstić information content (AvgIpc) is 2.87. The highest BCUT2D eigenvalue weighted by atomic mass is 15.5. The van der Waals surface area contributed by atoms with Gasteiger partial charge in [-0.2, -0.15) is 0 Å². The normalized spacial score (nSPS) is 10.9. The van der Waals surface area contributed by atoms with Crippen LogP contribution in [0.2, 0.25) is 0 Å². The number of hydrogen-bond donors (Lipinski definition) is 1. The molecule has 0 atom stereocenters. The Bertz CT molecular complexity index is 675. The molecule has 18 heavy (non-hydrogen) atoms. The number of rotatable bonds is 3. The Hall–Kier alpha value is -2.34. The van der Waals surface area contributed by atoms with Gasteiger partial charge in [0.2, 0.25) is 0 Å². The number of fused-ring (bicyclic) bond motifs is 1. The molecule has 0 aliphatic rings. The molecular formula is C12H12N6. The summed E-state index contributed by atoms with van der Waals surface area (Å²) in [6.45, 7) is 1.09. The van der Waals surface area contributed by atoms with Crippen molar-refractivity contribution in [3.05, 3.63) is 36.5 Å². The van der Waals surface area contributed by atoms with E-state index in [1.807, 2.05) is 30.3 Å². The molecule has 3 rings (SSSR count). The van der Waals surface area contributed by atoms with Crippen molar-refractivity contribution in [3.8, 4) is 11.4 Å². The fourth-order valence-electron chi connectivity index (χ4n) is 1.88. The van der Waals surface area contributed by atoms with Crippen molar-refractivity contribution in [2.24, 2.45) is 5.73 Å². The summed E-state index contributed by atoms with van der Waals surface area (Å²) >= 11 is 0. The first-order chi connectivity index (χ1) is 8.88. The number of aromatic nitrogens is 5. The number of pyridine rings is 1. The molecule has 90 valence electrons.